The molecule has 2 aromatic heterocycles. The van der Waals surface area contributed by atoms with E-state index in [-0.39, 0.29) is 0 Å². The lowest BCUT2D eigenvalue weighted by atomic mass is 10.1. The second kappa shape index (κ2) is 3.99. The average Bonchev–Trinajstić information content (AvgIpc) is 2.75. The van der Waals surface area contributed by atoms with Crippen molar-refractivity contribution in [3.8, 4) is 0 Å². The largest absolute Gasteiger partial charge is 0.381 e. The van der Waals surface area contributed by atoms with E-state index in [9.17, 15) is 0 Å². The van der Waals surface area contributed by atoms with Crippen molar-refractivity contribution in [1.29, 1.82) is 0 Å². The highest BCUT2D eigenvalue weighted by Gasteiger charge is 2.19. The van der Waals surface area contributed by atoms with Crippen LogP contribution in [-0.4, -0.2) is 32.7 Å². The third-order valence-electron chi connectivity index (χ3n) is 2.90. The maximum absolute atomic E-state index is 5.96. The average molecular weight is 239 g/mol. The standard InChI is InChI=1S/C10H11ClN4O/c11-9-8-10(13-5-12-9)15(6-14-8)7-1-3-16-4-2-7/h5-7H,1-4H2. The van der Waals surface area contributed by atoms with Crippen LogP contribution < -0.4 is 0 Å². The Labute approximate surface area is 97.4 Å². The molecule has 2 aromatic rings. The molecule has 3 heterocycles. The van der Waals surface area contributed by atoms with Crippen LogP contribution in [0.1, 0.15) is 18.9 Å². The maximum atomic E-state index is 5.96. The lowest BCUT2D eigenvalue weighted by molar-refractivity contribution is 0.0704. The van der Waals surface area contributed by atoms with Crippen LogP contribution in [0.2, 0.25) is 5.15 Å². The number of ether oxygens (including phenoxy) is 1. The third-order valence-corrected chi connectivity index (χ3v) is 3.17. The normalized spacial score (nSPS) is 18.1. The van der Waals surface area contributed by atoms with Gasteiger partial charge in [0.2, 0.25) is 0 Å². The van der Waals surface area contributed by atoms with Crippen LogP contribution in [0.3, 0.4) is 0 Å². The molecule has 0 spiro atoms. The van der Waals surface area contributed by atoms with Crippen LogP contribution in [0.15, 0.2) is 12.7 Å². The highest BCUT2D eigenvalue weighted by atomic mass is 35.5. The molecule has 3 rings (SSSR count). The molecule has 1 aliphatic heterocycles. The Bertz CT molecular complexity index is 506. The van der Waals surface area contributed by atoms with Crippen LogP contribution in [0.5, 0.6) is 0 Å². The first-order valence-corrected chi connectivity index (χ1v) is 5.65. The predicted octanol–water partition coefficient (Wildman–Crippen LogP) is 1.83. The summed E-state index contributed by atoms with van der Waals surface area (Å²) in [5, 5.41) is 0.413. The summed E-state index contributed by atoms with van der Waals surface area (Å²) in [6, 6.07) is 0.407. The molecule has 84 valence electrons. The van der Waals surface area contributed by atoms with Crippen molar-refractivity contribution in [3.63, 3.8) is 0 Å². The molecular formula is C10H11ClN4O. The van der Waals surface area contributed by atoms with E-state index in [4.69, 9.17) is 16.3 Å². The quantitative estimate of drug-likeness (QED) is 0.712. The molecule has 1 fully saturated rings. The topological polar surface area (TPSA) is 52.8 Å². The van der Waals surface area contributed by atoms with Crippen molar-refractivity contribution in [2.24, 2.45) is 0 Å². The molecular weight excluding hydrogens is 228 g/mol. The van der Waals surface area contributed by atoms with Gasteiger partial charge < -0.3 is 9.30 Å². The Morgan fingerprint density at radius 1 is 1.25 bits per heavy atom. The number of hydrogen-bond acceptors (Lipinski definition) is 4. The van der Waals surface area contributed by atoms with Crippen LogP contribution >= 0.6 is 11.6 Å². The molecule has 16 heavy (non-hydrogen) atoms. The number of aromatic nitrogens is 4. The number of halogens is 1. The Morgan fingerprint density at radius 2 is 2.06 bits per heavy atom. The van der Waals surface area contributed by atoms with E-state index in [1.54, 1.807) is 6.33 Å². The second-order valence-corrected chi connectivity index (χ2v) is 4.19. The van der Waals surface area contributed by atoms with Gasteiger partial charge in [0.05, 0.1) is 6.33 Å². The molecule has 5 nitrogen and oxygen atoms in total. The number of imidazole rings is 1. The zero-order valence-electron chi connectivity index (χ0n) is 8.64. The number of fused-ring (bicyclic) bond motifs is 1. The first kappa shape index (κ1) is 9.99. The summed E-state index contributed by atoms with van der Waals surface area (Å²) in [6.45, 7) is 1.59. The highest BCUT2D eigenvalue weighted by molar-refractivity contribution is 6.33. The summed E-state index contributed by atoms with van der Waals surface area (Å²) in [6.07, 6.45) is 5.25. The predicted molar refractivity (Wildman–Crippen MR) is 59.4 cm³/mol. The van der Waals surface area contributed by atoms with Gasteiger partial charge in [-0.2, -0.15) is 0 Å². The van der Waals surface area contributed by atoms with Crippen LogP contribution in [0, 0.1) is 0 Å². The monoisotopic (exact) mass is 238 g/mol. The fourth-order valence-electron chi connectivity index (χ4n) is 2.05. The summed E-state index contributed by atoms with van der Waals surface area (Å²) in [4.78, 5) is 12.4. The van der Waals surface area contributed by atoms with Crippen molar-refractivity contribution < 1.29 is 4.74 Å². The first-order valence-electron chi connectivity index (χ1n) is 5.27. The maximum Gasteiger partial charge on any atom is 0.165 e. The van der Waals surface area contributed by atoms with E-state index in [0.717, 1.165) is 31.7 Å². The van der Waals surface area contributed by atoms with Gasteiger partial charge in [0.1, 0.15) is 11.8 Å². The van der Waals surface area contributed by atoms with Gasteiger partial charge in [-0.3, -0.25) is 0 Å². The molecule has 0 aliphatic carbocycles. The van der Waals surface area contributed by atoms with Crippen LogP contribution in [0.25, 0.3) is 11.2 Å². The van der Waals surface area contributed by atoms with Crippen molar-refractivity contribution in [2.45, 2.75) is 18.9 Å². The van der Waals surface area contributed by atoms with Crippen molar-refractivity contribution >= 4 is 22.8 Å². The summed E-state index contributed by atoms with van der Waals surface area (Å²) in [7, 11) is 0. The van der Waals surface area contributed by atoms with Gasteiger partial charge in [0.15, 0.2) is 10.8 Å². The molecule has 0 saturated carbocycles. The molecule has 0 unspecified atom stereocenters. The fraction of sp³-hybridized carbons (Fsp3) is 0.500. The molecule has 1 aliphatic rings. The van der Waals surface area contributed by atoms with Gasteiger partial charge in [-0.15, -0.1) is 0 Å². The number of hydrogen-bond donors (Lipinski definition) is 0. The van der Waals surface area contributed by atoms with E-state index in [0.29, 0.717) is 16.7 Å². The van der Waals surface area contributed by atoms with Gasteiger partial charge in [-0.05, 0) is 12.8 Å². The zero-order chi connectivity index (χ0) is 11.0. The van der Waals surface area contributed by atoms with Crippen LogP contribution in [0.4, 0.5) is 0 Å². The molecule has 0 atom stereocenters. The van der Waals surface area contributed by atoms with E-state index in [1.165, 1.54) is 6.33 Å². The summed E-state index contributed by atoms with van der Waals surface area (Å²) < 4.78 is 7.42. The Hall–Kier alpha value is -1.20. The first-order chi connectivity index (χ1) is 7.86. The molecule has 0 amide bonds. The molecule has 0 bridgehead atoms. The van der Waals surface area contributed by atoms with Gasteiger partial charge >= 0.3 is 0 Å². The summed E-state index contributed by atoms with van der Waals surface area (Å²) in [5.74, 6) is 0. The molecule has 0 radical (unpaired) electrons. The fourth-order valence-corrected chi connectivity index (χ4v) is 2.23. The van der Waals surface area contributed by atoms with Crippen LogP contribution in [-0.2, 0) is 4.74 Å². The molecule has 0 N–H and O–H groups in total. The Balaban J connectivity index is 2.06. The minimum absolute atomic E-state index is 0.407. The minimum atomic E-state index is 0.407. The Morgan fingerprint density at radius 3 is 2.88 bits per heavy atom. The number of rotatable bonds is 1. The molecule has 6 heteroatoms. The van der Waals surface area contributed by atoms with E-state index < -0.39 is 0 Å². The minimum Gasteiger partial charge on any atom is -0.381 e. The summed E-state index contributed by atoms with van der Waals surface area (Å²) >= 11 is 5.96. The Kier molecular flexibility index (Phi) is 2.49. The highest BCUT2D eigenvalue weighted by Crippen LogP contribution is 2.26. The zero-order valence-corrected chi connectivity index (χ0v) is 9.39. The lowest BCUT2D eigenvalue weighted by Crippen LogP contribution is -2.19. The van der Waals surface area contributed by atoms with E-state index in [1.807, 2.05) is 0 Å². The third kappa shape index (κ3) is 1.56. The van der Waals surface area contributed by atoms with Gasteiger partial charge in [0, 0.05) is 19.3 Å². The van der Waals surface area contributed by atoms with E-state index in [2.05, 4.69) is 19.5 Å². The smallest absolute Gasteiger partial charge is 0.165 e. The van der Waals surface area contributed by atoms with E-state index >= 15 is 0 Å². The number of nitrogens with zero attached hydrogens (tertiary/aromatic N) is 4. The van der Waals surface area contributed by atoms with Crippen molar-refractivity contribution in [3.05, 3.63) is 17.8 Å². The second-order valence-electron chi connectivity index (χ2n) is 3.83. The molecule has 1 saturated heterocycles. The van der Waals surface area contributed by atoms with Gasteiger partial charge in [0.25, 0.3) is 0 Å². The van der Waals surface area contributed by atoms with Crippen molar-refractivity contribution in [2.75, 3.05) is 13.2 Å². The summed E-state index contributed by atoms with van der Waals surface area (Å²) in [5.41, 5.74) is 1.49. The van der Waals surface area contributed by atoms with Gasteiger partial charge in [-0.25, -0.2) is 15.0 Å². The molecule has 0 aromatic carbocycles. The van der Waals surface area contributed by atoms with Crippen molar-refractivity contribution in [1.82, 2.24) is 19.5 Å². The lowest BCUT2D eigenvalue weighted by Gasteiger charge is -2.23. The SMILES string of the molecule is Clc1ncnc2c1ncn2C1CCOCC1. The van der Waals surface area contributed by atoms with Gasteiger partial charge in [-0.1, -0.05) is 11.6 Å².